The molecular weight excluding hydrogens is 182 g/mol. The summed E-state index contributed by atoms with van der Waals surface area (Å²) < 4.78 is 3.31. The van der Waals surface area contributed by atoms with Gasteiger partial charge in [0, 0.05) is 19.5 Å². The summed E-state index contributed by atoms with van der Waals surface area (Å²) in [6.07, 6.45) is 2.35. The van der Waals surface area contributed by atoms with E-state index in [0.29, 0.717) is 12.4 Å². The van der Waals surface area contributed by atoms with Crippen molar-refractivity contribution in [2.45, 2.75) is 13.0 Å². The second-order valence-electron chi connectivity index (χ2n) is 3.01. The van der Waals surface area contributed by atoms with Crippen molar-refractivity contribution in [3.63, 3.8) is 0 Å². The molecule has 0 amide bonds. The fraction of sp³-hybridized carbons (Fsp3) is 0.429. The maximum absolute atomic E-state index is 5.64. The molecule has 0 aliphatic rings. The zero-order chi connectivity index (χ0) is 9.97. The minimum atomic E-state index is 0.664. The Kier molecular flexibility index (Phi) is 2.13. The van der Waals surface area contributed by atoms with Crippen LogP contribution in [-0.2, 0) is 20.0 Å². The molecule has 2 aromatic rings. The summed E-state index contributed by atoms with van der Waals surface area (Å²) in [6, 6.07) is 1.85. The fourth-order valence-corrected chi connectivity index (χ4v) is 1.18. The van der Waals surface area contributed by atoms with Crippen LogP contribution in [0.5, 0.6) is 0 Å². The average molecular weight is 193 g/mol. The lowest BCUT2D eigenvalue weighted by molar-refractivity contribution is 0.579. The SMILES string of the molecule is Cn1nc(CCn2cnnn2)cc1N. The van der Waals surface area contributed by atoms with Crippen molar-refractivity contribution < 1.29 is 0 Å². The number of tetrazole rings is 1. The van der Waals surface area contributed by atoms with Crippen LogP contribution in [0.25, 0.3) is 0 Å². The number of hydrogen-bond donors (Lipinski definition) is 1. The molecule has 0 fully saturated rings. The lowest BCUT2D eigenvalue weighted by atomic mass is 10.3. The van der Waals surface area contributed by atoms with Crippen molar-refractivity contribution in [3.05, 3.63) is 18.1 Å². The molecule has 0 bridgehead atoms. The molecule has 0 unspecified atom stereocenters. The maximum Gasteiger partial charge on any atom is 0.138 e. The van der Waals surface area contributed by atoms with Crippen LogP contribution in [0, 0.1) is 0 Å². The summed E-state index contributed by atoms with van der Waals surface area (Å²) in [5.41, 5.74) is 6.59. The third-order valence-corrected chi connectivity index (χ3v) is 1.96. The Morgan fingerprint density at radius 2 is 2.36 bits per heavy atom. The Morgan fingerprint density at radius 1 is 1.50 bits per heavy atom. The number of nitrogens with two attached hydrogens (primary N) is 1. The smallest absolute Gasteiger partial charge is 0.138 e. The number of aryl methyl sites for hydroxylation is 3. The molecule has 74 valence electrons. The van der Waals surface area contributed by atoms with Crippen LogP contribution in [0.4, 0.5) is 5.82 Å². The highest BCUT2D eigenvalue weighted by Crippen LogP contribution is 2.05. The summed E-state index contributed by atoms with van der Waals surface area (Å²) in [5.74, 6) is 0.664. The quantitative estimate of drug-likeness (QED) is 0.691. The third-order valence-electron chi connectivity index (χ3n) is 1.96. The van der Waals surface area contributed by atoms with E-state index >= 15 is 0 Å². The van der Waals surface area contributed by atoms with E-state index in [4.69, 9.17) is 5.73 Å². The Labute approximate surface area is 80.5 Å². The predicted molar refractivity (Wildman–Crippen MR) is 49.1 cm³/mol. The second kappa shape index (κ2) is 3.44. The molecule has 0 radical (unpaired) electrons. The third kappa shape index (κ3) is 1.70. The highest BCUT2D eigenvalue weighted by atomic mass is 15.5. The van der Waals surface area contributed by atoms with Crippen molar-refractivity contribution in [1.82, 2.24) is 30.0 Å². The standard InChI is InChI=1S/C7H11N7/c1-13-7(8)4-6(10-13)2-3-14-5-9-11-12-14/h4-5H,2-3,8H2,1H3. The van der Waals surface area contributed by atoms with Gasteiger partial charge in [-0.1, -0.05) is 0 Å². The van der Waals surface area contributed by atoms with Crippen LogP contribution in [-0.4, -0.2) is 30.0 Å². The van der Waals surface area contributed by atoms with Crippen molar-refractivity contribution >= 4 is 5.82 Å². The van der Waals surface area contributed by atoms with Crippen LogP contribution in [0.1, 0.15) is 5.69 Å². The molecule has 2 aromatic heterocycles. The molecule has 2 heterocycles. The van der Waals surface area contributed by atoms with Crippen molar-refractivity contribution in [1.29, 1.82) is 0 Å². The van der Waals surface area contributed by atoms with Gasteiger partial charge in [0.2, 0.25) is 0 Å². The van der Waals surface area contributed by atoms with Crippen molar-refractivity contribution in [2.75, 3.05) is 5.73 Å². The Bertz CT molecular complexity index is 382. The number of rotatable bonds is 3. The highest BCUT2D eigenvalue weighted by Gasteiger charge is 2.02. The van der Waals surface area contributed by atoms with Gasteiger partial charge < -0.3 is 5.73 Å². The first-order valence-electron chi connectivity index (χ1n) is 4.25. The monoisotopic (exact) mass is 193 g/mol. The lowest BCUT2D eigenvalue weighted by Crippen LogP contribution is -2.03. The molecule has 7 heteroatoms. The Hall–Kier alpha value is -1.92. The summed E-state index contributed by atoms with van der Waals surface area (Å²) in [4.78, 5) is 0. The largest absolute Gasteiger partial charge is 0.384 e. The molecule has 0 spiro atoms. The first kappa shape index (κ1) is 8.67. The summed E-state index contributed by atoms with van der Waals surface area (Å²) >= 11 is 0. The van der Waals surface area contributed by atoms with E-state index < -0.39 is 0 Å². The molecule has 14 heavy (non-hydrogen) atoms. The lowest BCUT2D eigenvalue weighted by Gasteiger charge is -1.95. The Balaban J connectivity index is 1.98. The highest BCUT2D eigenvalue weighted by molar-refractivity contribution is 5.30. The summed E-state index contributed by atoms with van der Waals surface area (Å²) in [5, 5.41) is 15.0. The van der Waals surface area contributed by atoms with Crippen LogP contribution < -0.4 is 5.73 Å². The van der Waals surface area contributed by atoms with E-state index in [0.717, 1.165) is 12.1 Å². The van der Waals surface area contributed by atoms with Gasteiger partial charge in [-0.3, -0.25) is 4.68 Å². The molecule has 2 rings (SSSR count). The second-order valence-corrected chi connectivity index (χ2v) is 3.01. The molecule has 0 aliphatic carbocycles. The van der Waals surface area contributed by atoms with E-state index in [2.05, 4.69) is 20.6 Å². The van der Waals surface area contributed by atoms with Crippen molar-refractivity contribution in [3.8, 4) is 0 Å². The Morgan fingerprint density at radius 3 is 2.93 bits per heavy atom. The molecule has 2 N–H and O–H groups in total. The molecule has 0 aliphatic heterocycles. The summed E-state index contributed by atoms with van der Waals surface area (Å²) in [6.45, 7) is 0.712. The van der Waals surface area contributed by atoms with Gasteiger partial charge in [0.1, 0.15) is 12.1 Å². The molecule has 0 aromatic carbocycles. The van der Waals surface area contributed by atoms with Crippen LogP contribution in [0.15, 0.2) is 12.4 Å². The van der Waals surface area contributed by atoms with E-state index in [-0.39, 0.29) is 0 Å². The number of nitrogens with zero attached hydrogens (tertiary/aromatic N) is 6. The van der Waals surface area contributed by atoms with Crippen LogP contribution in [0.2, 0.25) is 0 Å². The van der Waals surface area contributed by atoms with E-state index in [1.807, 2.05) is 13.1 Å². The van der Waals surface area contributed by atoms with Gasteiger partial charge in [0.15, 0.2) is 0 Å². The van der Waals surface area contributed by atoms with E-state index in [9.17, 15) is 0 Å². The predicted octanol–water partition coefficient (Wildman–Crippen LogP) is -0.769. The fourth-order valence-electron chi connectivity index (χ4n) is 1.18. The number of anilines is 1. The zero-order valence-electron chi connectivity index (χ0n) is 7.83. The summed E-state index contributed by atoms with van der Waals surface area (Å²) in [7, 11) is 1.82. The molecule has 0 saturated heterocycles. The van der Waals surface area contributed by atoms with Gasteiger partial charge in [0.05, 0.1) is 12.2 Å². The van der Waals surface area contributed by atoms with E-state index in [1.165, 1.54) is 0 Å². The minimum Gasteiger partial charge on any atom is -0.384 e. The topological polar surface area (TPSA) is 87.4 Å². The zero-order valence-corrected chi connectivity index (χ0v) is 7.83. The number of nitrogen functional groups attached to an aromatic ring is 1. The van der Waals surface area contributed by atoms with Gasteiger partial charge >= 0.3 is 0 Å². The minimum absolute atomic E-state index is 0.664. The van der Waals surface area contributed by atoms with Gasteiger partial charge in [-0.05, 0) is 10.4 Å². The van der Waals surface area contributed by atoms with Gasteiger partial charge in [-0.25, -0.2) is 4.68 Å². The maximum atomic E-state index is 5.64. The van der Waals surface area contributed by atoms with Crippen LogP contribution >= 0.6 is 0 Å². The molecular formula is C7H11N7. The number of aromatic nitrogens is 6. The van der Waals surface area contributed by atoms with Gasteiger partial charge in [-0.15, -0.1) is 5.10 Å². The molecule has 0 atom stereocenters. The molecule has 0 saturated carbocycles. The normalized spacial score (nSPS) is 10.6. The average Bonchev–Trinajstić information content (AvgIpc) is 2.74. The number of hydrogen-bond acceptors (Lipinski definition) is 5. The van der Waals surface area contributed by atoms with E-state index in [1.54, 1.807) is 15.7 Å². The van der Waals surface area contributed by atoms with Gasteiger partial charge in [-0.2, -0.15) is 5.10 Å². The van der Waals surface area contributed by atoms with Crippen LogP contribution in [0.3, 0.4) is 0 Å². The molecule has 7 nitrogen and oxygen atoms in total. The first-order chi connectivity index (χ1) is 6.75. The van der Waals surface area contributed by atoms with Gasteiger partial charge in [0.25, 0.3) is 0 Å². The first-order valence-corrected chi connectivity index (χ1v) is 4.25. The van der Waals surface area contributed by atoms with Crippen molar-refractivity contribution in [2.24, 2.45) is 7.05 Å².